The summed E-state index contributed by atoms with van der Waals surface area (Å²) in [7, 11) is 1.57. The summed E-state index contributed by atoms with van der Waals surface area (Å²) in [5.41, 5.74) is 0.339. The zero-order chi connectivity index (χ0) is 12.5. The first-order chi connectivity index (χ1) is 8.12. The van der Waals surface area contributed by atoms with Gasteiger partial charge in [-0.05, 0) is 12.0 Å². The highest BCUT2D eigenvalue weighted by atomic mass is 16.2. The van der Waals surface area contributed by atoms with Gasteiger partial charge in [-0.3, -0.25) is 14.5 Å². The van der Waals surface area contributed by atoms with Crippen molar-refractivity contribution < 1.29 is 9.59 Å². The molecular formula is C14H17NO2. The summed E-state index contributed by atoms with van der Waals surface area (Å²) in [6, 6.07) is 9.65. The normalized spacial score (nSPS) is 24.5. The molecule has 1 aromatic rings. The maximum absolute atomic E-state index is 12.3. The number of likely N-dealkylation sites (tertiary alicyclic amines) is 1. The van der Waals surface area contributed by atoms with Crippen molar-refractivity contribution >= 4 is 11.8 Å². The van der Waals surface area contributed by atoms with Crippen molar-refractivity contribution in [1.29, 1.82) is 0 Å². The molecule has 2 rings (SSSR count). The van der Waals surface area contributed by atoms with Gasteiger partial charge in [0.05, 0.1) is 5.41 Å². The molecule has 0 radical (unpaired) electrons. The lowest BCUT2D eigenvalue weighted by molar-refractivity contribution is -0.138. The van der Waals surface area contributed by atoms with Crippen LogP contribution in [0.3, 0.4) is 0 Å². The maximum atomic E-state index is 12.3. The van der Waals surface area contributed by atoms with E-state index in [4.69, 9.17) is 0 Å². The van der Waals surface area contributed by atoms with E-state index in [0.717, 1.165) is 18.4 Å². The molecule has 1 aromatic carbocycles. The minimum Gasteiger partial charge on any atom is -0.285 e. The molecule has 90 valence electrons. The second-order valence-electron chi connectivity index (χ2n) is 4.63. The number of rotatable bonds is 3. The smallest absolute Gasteiger partial charge is 0.240 e. The van der Waals surface area contributed by atoms with Gasteiger partial charge in [-0.1, -0.05) is 43.7 Å². The Bertz CT molecular complexity index is 441. The molecule has 0 aromatic heterocycles. The maximum Gasteiger partial charge on any atom is 0.240 e. The van der Waals surface area contributed by atoms with Crippen LogP contribution in [0.1, 0.15) is 31.7 Å². The van der Waals surface area contributed by atoms with Gasteiger partial charge < -0.3 is 0 Å². The van der Waals surface area contributed by atoms with E-state index in [1.807, 2.05) is 37.3 Å². The number of carbonyl (C=O) groups is 2. The number of amides is 2. The van der Waals surface area contributed by atoms with Crippen molar-refractivity contribution in [3.05, 3.63) is 35.9 Å². The van der Waals surface area contributed by atoms with Gasteiger partial charge in [-0.2, -0.15) is 0 Å². The highest BCUT2D eigenvalue weighted by Crippen LogP contribution is 2.39. The number of benzene rings is 1. The van der Waals surface area contributed by atoms with Gasteiger partial charge in [0, 0.05) is 13.5 Å². The van der Waals surface area contributed by atoms with Crippen LogP contribution >= 0.6 is 0 Å². The molecule has 0 unspecified atom stereocenters. The summed E-state index contributed by atoms with van der Waals surface area (Å²) in [5, 5.41) is 0. The van der Waals surface area contributed by atoms with E-state index in [1.165, 1.54) is 4.90 Å². The largest absolute Gasteiger partial charge is 0.285 e. The van der Waals surface area contributed by atoms with Crippen LogP contribution < -0.4 is 0 Å². The van der Waals surface area contributed by atoms with Gasteiger partial charge in [-0.25, -0.2) is 0 Å². The fraction of sp³-hybridized carbons (Fsp3) is 0.429. The molecule has 1 aliphatic rings. The Hall–Kier alpha value is -1.64. The van der Waals surface area contributed by atoms with Crippen LogP contribution in [0.4, 0.5) is 0 Å². The monoisotopic (exact) mass is 231 g/mol. The molecule has 0 aliphatic carbocycles. The number of likely N-dealkylation sites (N-methyl/N-ethyl adjacent to an activating group) is 1. The van der Waals surface area contributed by atoms with Gasteiger partial charge in [0.2, 0.25) is 11.8 Å². The molecular weight excluding hydrogens is 214 g/mol. The third-order valence-electron chi connectivity index (χ3n) is 3.54. The van der Waals surface area contributed by atoms with E-state index in [1.54, 1.807) is 7.05 Å². The molecule has 2 amide bonds. The van der Waals surface area contributed by atoms with E-state index < -0.39 is 5.41 Å². The third kappa shape index (κ3) is 1.75. The first kappa shape index (κ1) is 11.8. The van der Waals surface area contributed by atoms with Gasteiger partial charge in [0.1, 0.15) is 0 Å². The quantitative estimate of drug-likeness (QED) is 0.747. The molecule has 0 N–H and O–H groups in total. The molecule has 1 saturated heterocycles. The van der Waals surface area contributed by atoms with Crippen molar-refractivity contribution in [2.24, 2.45) is 0 Å². The molecule has 0 saturated carbocycles. The lowest BCUT2D eigenvalue weighted by Crippen LogP contribution is -2.36. The summed E-state index contributed by atoms with van der Waals surface area (Å²) in [6.45, 7) is 2.04. The van der Waals surface area contributed by atoms with Crippen LogP contribution in [0, 0.1) is 0 Å². The van der Waals surface area contributed by atoms with E-state index in [0.29, 0.717) is 6.42 Å². The van der Waals surface area contributed by atoms with Crippen LogP contribution in [-0.4, -0.2) is 23.8 Å². The lowest BCUT2D eigenvalue weighted by atomic mass is 9.75. The highest BCUT2D eigenvalue weighted by Gasteiger charge is 2.50. The van der Waals surface area contributed by atoms with Crippen molar-refractivity contribution in [2.45, 2.75) is 31.6 Å². The average Bonchev–Trinajstić information content (AvgIpc) is 2.57. The van der Waals surface area contributed by atoms with Crippen LogP contribution in [0.25, 0.3) is 0 Å². The average molecular weight is 231 g/mol. The Kier molecular flexibility index (Phi) is 3.01. The molecule has 1 aliphatic heterocycles. The number of hydrogen-bond acceptors (Lipinski definition) is 2. The van der Waals surface area contributed by atoms with Gasteiger partial charge in [-0.15, -0.1) is 0 Å². The predicted molar refractivity (Wildman–Crippen MR) is 65.4 cm³/mol. The highest BCUT2D eigenvalue weighted by molar-refractivity contribution is 6.08. The van der Waals surface area contributed by atoms with Crippen LogP contribution in [-0.2, 0) is 15.0 Å². The topological polar surface area (TPSA) is 37.4 Å². The molecule has 3 heteroatoms. The van der Waals surface area contributed by atoms with Crippen molar-refractivity contribution in [2.75, 3.05) is 7.05 Å². The molecule has 17 heavy (non-hydrogen) atoms. The summed E-state index contributed by atoms with van der Waals surface area (Å²) < 4.78 is 0. The van der Waals surface area contributed by atoms with Crippen LogP contribution in [0.5, 0.6) is 0 Å². The van der Waals surface area contributed by atoms with Gasteiger partial charge in [0.15, 0.2) is 0 Å². The van der Waals surface area contributed by atoms with E-state index in [-0.39, 0.29) is 11.8 Å². The minimum absolute atomic E-state index is 0.0597. The van der Waals surface area contributed by atoms with E-state index >= 15 is 0 Å². The number of nitrogens with zero attached hydrogens (tertiary/aromatic N) is 1. The fourth-order valence-corrected chi connectivity index (χ4v) is 2.64. The Balaban J connectivity index is 2.48. The van der Waals surface area contributed by atoms with E-state index in [9.17, 15) is 9.59 Å². The van der Waals surface area contributed by atoms with Crippen molar-refractivity contribution in [1.82, 2.24) is 4.90 Å². The second-order valence-corrected chi connectivity index (χ2v) is 4.63. The fourth-order valence-electron chi connectivity index (χ4n) is 2.64. The summed E-state index contributed by atoms with van der Waals surface area (Å²) in [4.78, 5) is 25.4. The summed E-state index contributed by atoms with van der Waals surface area (Å²) in [6.07, 6.45) is 1.92. The second kappa shape index (κ2) is 4.32. The van der Waals surface area contributed by atoms with Crippen molar-refractivity contribution in [3.63, 3.8) is 0 Å². The molecule has 0 spiro atoms. The zero-order valence-electron chi connectivity index (χ0n) is 10.3. The SMILES string of the molecule is CCC[C@@]1(c2ccccc2)CC(=O)N(C)C1=O. The molecule has 3 nitrogen and oxygen atoms in total. The molecule has 1 heterocycles. The number of hydrogen-bond donors (Lipinski definition) is 0. The number of imide groups is 1. The summed E-state index contributed by atoms with van der Waals surface area (Å²) in [5.74, 6) is -0.136. The Morgan fingerprint density at radius 1 is 1.24 bits per heavy atom. The third-order valence-corrected chi connectivity index (χ3v) is 3.54. The minimum atomic E-state index is -0.623. The zero-order valence-corrected chi connectivity index (χ0v) is 10.3. The van der Waals surface area contributed by atoms with Gasteiger partial charge in [0.25, 0.3) is 0 Å². The molecule has 1 atom stereocenters. The number of carbonyl (C=O) groups excluding carboxylic acids is 2. The first-order valence-corrected chi connectivity index (χ1v) is 5.98. The van der Waals surface area contributed by atoms with Gasteiger partial charge >= 0.3 is 0 Å². The van der Waals surface area contributed by atoms with E-state index in [2.05, 4.69) is 0 Å². The van der Waals surface area contributed by atoms with Crippen LogP contribution in [0.15, 0.2) is 30.3 Å². The predicted octanol–water partition coefficient (Wildman–Crippen LogP) is 2.11. The van der Waals surface area contributed by atoms with Crippen LogP contribution in [0.2, 0.25) is 0 Å². The lowest BCUT2D eigenvalue weighted by Gasteiger charge is -2.26. The molecule has 1 fully saturated rings. The van der Waals surface area contributed by atoms with Crippen molar-refractivity contribution in [3.8, 4) is 0 Å². The summed E-state index contributed by atoms with van der Waals surface area (Å²) >= 11 is 0. The first-order valence-electron chi connectivity index (χ1n) is 5.98. The standard InChI is InChI=1S/C14H17NO2/c1-3-9-14(11-7-5-4-6-8-11)10-12(16)15(2)13(14)17/h4-8H,3,9-10H2,1-2H3/t14-/m0/s1. The Morgan fingerprint density at radius 3 is 2.35 bits per heavy atom. The Labute approximate surface area is 101 Å². The molecule has 0 bridgehead atoms. The Morgan fingerprint density at radius 2 is 1.88 bits per heavy atom.